The number of H-pyrrole nitrogens is 1. The van der Waals surface area contributed by atoms with Crippen molar-refractivity contribution in [1.29, 1.82) is 0 Å². The van der Waals surface area contributed by atoms with Gasteiger partial charge in [0.1, 0.15) is 0 Å². The van der Waals surface area contributed by atoms with Gasteiger partial charge in [0.2, 0.25) is 0 Å². The summed E-state index contributed by atoms with van der Waals surface area (Å²) in [5.41, 5.74) is 0.477. The van der Waals surface area contributed by atoms with Crippen LogP contribution in [0.4, 0.5) is 0 Å². The molecule has 0 saturated heterocycles. The summed E-state index contributed by atoms with van der Waals surface area (Å²) in [7, 11) is 3.19. The summed E-state index contributed by atoms with van der Waals surface area (Å²) in [6, 6.07) is 3.01. The Morgan fingerprint density at radius 3 is 2.86 bits per heavy atom. The lowest BCUT2D eigenvalue weighted by molar-refractivity contribution is 0.374. The minimum atomic E-state index is -0.222. The van der Waals surface area contributed by atoms with E-state index in [9.17, 15) is 9.90 Å². The van der Waals surface area contributed by atoms with Crippen LogP contribution >= 0.6 is 0 Å². The Hall–Kier alpha value is -1.91. The number of nitrogens with one attached hydrogen (secondary N) is 1. The van der Waals surface area contributed by atoms with E-state index in [2.05, 4.69) is 5.10 Å². The highest BCUT2D eigenvalue weighted by Crippen LogP contribution is 2.29. The average Bonchev–Trinajstić information content (AvgIpc) is 2.41. The molecule has 2 aromatic rings. The van der Waals surface area contributed by atoms with E-state index in [0.717, 1.165) is 0 Å². The maximum absolute atomic E-state index is 11.3. The first kappa shape index (κ1) is 8.68. The number of phenols is 1. The molecule has 5 nitrogen and oxygen atoms in total. The zero-order chi connectivity index (χ0) is 10.3. The maximum atomic E-state index is 11.3. The van der Waals surface area contributed by atoms with Gasteiger partial charge >= 0.3 is 0 Å². The van der Waals surface area contributed by atoms with Crippen molar-refractivity contribution >= 4 is 10.9 Å². The van der Waals surface area contributed by atoms with Crippen molar-refractivity contribution in [3.05, 3.63) is 22.5 Å². The molecule has 0 amide bonds. The lowest BCUT2D eigenvalue weighted by Gasteiger charge is -2.03. The molecule has 0 aliphatic carbocycles. The predicted octanol–water partition coefficient (Wildman–Crippen LogP) is 0.581. The van der Waals surface area contributed by atoms with Gasteiger partial charge in [0.25, 0.3) is 5.56 Å². The monoisotopic (exact) mass is 194 g/mol. The number of ether oxygens (including phenoxy) is 1. The van der Waals surface area contributed by atoms with Gasteiger partial charge in [0, 0.05) is 13.1 Å². The van der Waals surface area contributed by atoms with Gasteiger partial charge in [-0.05, 0) is 6.07 Å². The molecule has 0 aliphatic rings. The first-order chi connectivity index (χ1) is 6.63. The topological polar surface area (TPSA) is 67.2 Å². The largest absolute Gasteiger partial charge is 0.504 e. The number of phenolic OH excluding ortho intramolecular Hbond substituents is 1. The van der Waals surface area contributed by atoms with Crippen LogP contribution < -0.4 is 10.3 Å². The summed E-state index contributed by atoms with van der Waals surface area (Å²) < 4.78 is 6.52. The van der Waals surface area contributed by atoms with Crippen LogP contribution in [-0.2, 0) is 7.05 Å². The van der Waals surface area contributed by atoms with Crippen molar-refractivity contribution in [3.63, 3.8) is 0 Å². The molecular formula is C9H10N2O3. The number of aromatic hydroxyl groups is 1. The van der Waals surface area contributed by atoms with Crippen LogP contribution in [-0.4, -0.2) is 22.0 Å². The number of aryl methyl sites for hydroxylation is 1. The number of benzene rings is 1. The lowest BCUT2D eigenvalue weighted by Crippen LogP contribution is -2.01. The van der Waals surface area contributed by atoms with E-state index in [1.165, 1.54) is 13.2 Å². The fourth-order valence-corrected chi connectivity index (χ4v) is 1.45. The summed E-state index contributed by atoms with van der Waals surface area (Å²) in [5, 5.41) is 12.5. The molecule has 0 aliphatic heterocycles. The molecule has 74 valence electrons. The molecule has 0 atom stereocenters. The maximum Gasteiger partial charge on any atom is 0.272 e. The summed E-state index contributed by atoms with van der Waals surface area (Å²) in [6.07, 6.45) is 0. The molecule has 5 heteroatoms. The first-order valence-electron chi connectivity index (χ1n) is 4.09. The van der Waals surface area contributed by atoms with Gasteiger partial charge in [-0.15, -0.1) is 0 Å². The fraction of sp³-hybridized carbons (Fsp3) is 0.222. The molecule has 2 rings (SSSR count). The number of hydrogen-bond acceptors (Lipinski definition) is 3. The van der Waals surface area contributed by atoms with Gasteiger partial charge in [-0.3, -0.25) is 14.6 Å². The molecule has 14 heavy (non-hydrogen) atoms. The van der Waals surface area contributed by atoms with Crippen LogP contribution in [0.3, 0.4) is 0 Å². The molecule has 2 N–H and O–H groups in total. The van der Waals surface area contributed by atoms with E-state index in [4.69, 9.17) is 4.74 Å². The fourth-order valence-electron chi connectivity index (χ4n) is 1.45. The molecule has 1 aromatic heterocycles. The minimum Gasteiger partial charge on any atom is -0.504 e. The van der Waals surface area contributed by atoms with Crippen molar-refractivity contribution in [2.75, 3.05) is 7.11 Å². The van der Waals surface area contributed by atoms with Crippen LogP contribution in [0.5, 0.6) is 11.5 Å². The Kier molecular flexibility index (Phi) is 1.73. The number of rotatable bonds is 1. The number of fused-ring (bicyclic) bond motifs is 1. The molecule has 1 aromatic carbocycles. The van der Waals surface area contributed by atoms with E-state index in [1.54, 1.807) is 17.8 Å². The summed E-state index contributed by atoms with van der Waals surface area (Å²) in [5.74, 6) is 0.323. The van der Waals surface area contributed by atoms with Gasteiger partial charge in [-0.2, -0.15) is 0 Å². The zero-order valence-electron chi connectivity index (χ0n) is 7.87. The molecule has 0 radical (unpaired) electrons. The second kappa shape index (κ2) is 2.80. The van der Waals surface area contributed by atoms with E-state index < -0.39 is 0 Å². The third-order valence-corrected chi connectivity index (χ3v) is 2.17. The van der Waals surface area contributed by atoms with Gasteiger partial charge in [-0.25, -0.2) is 0 Å². The average molecular weight is 194 g/mol. The quantitative estimate of drug-likeness (QED) is 0.697. The number of aromatic amines is 1. The Bertz CT molecular complexity index is 539. The second-order valence-electron chi connectivity index (χ2n) is 3.04. The third kappa shape index (κ3) is 1.06. The SMILES string of the molecule is COc1cc2c(cc1O)c(=O)[nH]n2C. The van der Waals surface area contributed by atoms with Crippen LogP contribution in [0.25, 0.3) is 10.9 Å². The summed E-state index contributed by atoms with van der Waals surface area (Å²) >= 11 is 0. The second-order valence-corrected chi connectivity index (χ2v) is 3.04. The standard InChI is InChI=1S/C9H10N2O3/c1-11-6-4-8(14-2)7(12)3-5(6)9(13)10-11/h3-4,12H,1-2H3,(H,10,13). The minimum absolute atomic E-state index is 0.0308. The molecule has 0 saturated carbocycles. The molecular weight excluding hydrogens is 184 g/mol. The van der Waals surface area contributed by atoms with E-state index in [-0.39, 0.29) is 11.3 Å². The number of hydrogen-bond donors (Lipinski definition) is 2. The highest BCUT2D eigenvalue weighted by molar-refractivity contribution is 5.82. The highest BCUT2D eigenvalue weighted by Gasteiger charge is 2.09. The van der Waals surface area contributed by atoms with Crippen molar-refractivity contribution < 1.29 is 9.84 Å². The Morgan fingerprint density at radius 1 is 1.50 bits per heavy atom. The third-order valence-electron chi connectivity index (χ3n) is 2.17. The summed E-state index contributed by atoms with van der Waals surface area (Å²) in [4.78, 5) is 11.3. The predicted molar refractivity (Wildman–Crippen MR) is 51.8 cm³/mol. The van der Waals surface area contributed by atoms with Crippen LogP contribution in [0.1, 0.15) is 0 Å². The highest BCUT2D eigenvalue weighted by atomic mass is 16.5. The lowest BCUT2D eigenvalue weighted by atomic mass is 10.2. The van der Waals surface area contributed by atoms with Gasteiger partial charge in [0.15, 0.2) is 11.5 Å². The Balaban J connectivity index is 2.89. The number of nitrogens with zero attached hydrogens (tertiary/aromatic N) is 1. The molecule has 1 heterocycles. The van der Waals surface area contributed by atoms with Crippen molar-refractivity contribution in [2.45, 2.75) is 0 Å². The molecule has 0 fully saturated rings. The Labute approximate surface area is 79.5 Å². The number of aromatic nitrogens is 2. The van der Waals surface area contributed by atoms with Gasteiger partial charge in [-0.1, -0.05) is 0 Å². The molecule has 0 unspecified atom stereocenters. The summed E-state index contributed by atoms with van der Waals surface area (Å²) in [6.45, 7) is 0. The smallest absolute Gasteiger partial charge is 0.272 e. The zero-order valence-corrected chi connectivity index (χ0v) is 7.87. The Morgan fingerprint density at radius 2 is 2.21 bits per heavy atom. The van der Waals surface area contributed by atoms with E-state index in [0.29, 0.717) is 16.7 Å². The number of methoxy groups -OCH3 is 1. The van der Waals surface area contributed by atoms with Crippen molar-refractivity contribution in [2.24, 2.45) is 7.05 Å². The van der Waals surface area contributed by atoms with Crippen LogP contribution in [0.2, 0.25) is 0 Å². The van der Waals surface area contributed by atoms with Crippen LogP contribution in [0.15, 0.2) is 16.9 Å². The molecule has 0 spiro atoms. The van der Waals surface area contributed by atoms with Crippen molar-refractivity contribution in [3.8, 4) is 11.5 Å². The van der Waals surface area contributed by atoms with Gasteiger partial charge in [0.05, 0.1) is 18.0 Å². The van der Waals surface area contributed by atoms with Gasteiger partial charge < -0.3 is 9.84 Å². The normalized spacial score (nSPS) is 10.7. The van der Waals surface area contributed by atoms with E-state index in [1.807, 2.05) is 0 Å². The first-order valence-corrected chi connectivity index (χ1v) is 4.09. The molecule has 0 bridgehead atoms. The van der Waals surface area contributed by atoms with Crippen LogP contribution in [0, 0.1) is 0 Å². The van der Waals surface area contributed by atoms with E-state index >= 15 is 0 Å². The van der Waals surface area contributed by atoms with Crippen molar-refractivity contribution in [1.82, 2.24) is 9.78 Å².